The summed E-state index contributed by atoms with van der Waals surface area (Å²) in [7, 11) is 1.50. The predicted molar refractivity (Wildman–Crippen MR) is 106 cm³/mol. The molecule has 1 atom stereocenters. The quantitative estimate of drug-likeness (QED) is 0.744. The molecule has 1 fully saturated rings. The molecule has 0 radical (unpaired) electrons. The van der Waals surface area contributed by atoms with Gasteiger partial charge in [0.2, 0.25) is 11.8 Å². The third-order valence-electron chi connectivity index (χ3n) is 5.00. The zero-order chi connectivity index (χ0) is 19.5. The molecule has 1 aliphatic rings. The molecule has 2 amide bonds. The second-order valence-corrected chi connectivity index (χ2v) is 6.87. The van der Waals surface area contributed by atoms with Crippen LogP contribution in [0.4, 0.5) is 0 Å². The minimum absolute atomic E-state index is 0.0468. The number of methoxy groups -OCH3 is 1. The Kier molecular flexibility index (Phi) is 4.93. The van der Waals surface area contributed by atoms with Crippen molar-refractivity contribution in [2.75, 3.05) is 13.7 Å². The SMILES string of the molecule is COc1cc(C(=O)NC2CC(=O)N(Cc3cccc4ccccc34)C2)ccn1. The van der Waals surface area contributed by atoms with E-state index in [1.807, 2.05) is 24.3 Å². The molecule has 2 heterocycles. The number of fused-ring (bicyclic) bond motifs is 1. The molecule has 142 valence electrons. The van der Waals surface area contributed by atoms with Gasteiger partial charge in [-0.2, -0.15) is 0 Å². The van der Waals surface area contributed by atoms with Crippen molar-refractivity contribution in [3.05, 3.63) is 71.9 Å². The first-order chi connectivity index (χ1) is 13.6. The Hall–Kier alpha value is -3.41. The predicted octanol–water partition coefficient (Wildman–Crippen LogP) is 2.77. The standard InChI is InChI=1S/C22H21N3O3/c1-28-20-11-16(9-10-23-20)22(27)24-18-12-21(26)25(14-18)13-17-7-4-6-15-5-2-3-8-19(15)17/h2-11,18H,12-14H2,1H3,(H,24,27). The van der Waals surface area contributed by atoms with Gasteiger partial charge < -0.3 is 15.0 Å². The molecule has 1 saturated heterocycles. The Morgan fingerprint density at radius 1 is 1.21 bits per heavy atom. The Balaban J connectivity index is 1.44. The first-order valence-corrected chi connectivity index (χ1v) is 9.19. The van der Waals surface area contributed by atoms with Crippen LogP contribution in [0.1, 0.15) is 22.3 Å². The summed E-state index contributed by atoms with van der Waals surface area (Å²) < 4.78 is 5.06. The number of carbonyl (C=O) groups is 2. The number of amides is 2. The first-order valence-electron chi connectivity index (χ1n) is 9.19. The zero-order valence-corrected chi connectivity index (χ0v) is 15.6. The number of ether oxygens (including phenoxy) is 1. The third kappa shape index (κ3) is 3.67. The highest BCUT2D eigenvalue weighted by atomic mass is 16.5. The molecule has 0 bridgehead atoms. The molecular weight excluding hydrogens is 354 g/mol. The molecule has 6 heteroatoms. The number of aromatic nitrogens is 1. The van der Waals surface area contributed by atoms with Gasteiger partial charge in [0.05, 0.1) is 13.2 Å². The fourth-order valence-electron chi connectivity index (χ4n) is 3.59. The smallest absolute Gasteiger partial charge is 0.251 e. The van der Waals surface area contributed by atoms with Crippen LogP contribution in [-0.2, 0) is 11.3 Å². The van der Waals surface area contributed by atoms with Gasteiger partial charge in [-0.1, -0.05) is 42.5 Å². The minimum atomic E-state index is -0.231. The maximum Gasteiger partial charge on any atom is 0.251 e. The molecule has 1 aromatic heterocycles. The van der Waals surface area contributed by atoms with E-state index in [2.05, 4.69) is 28.5 Å². The van der Waals surface area contributed by atoms with Gasteiger partial charge in [-0.05, 0) is 22.4 Å². The molecule has 2 aromatic carbocycles. The van der Waals surface area contributed by atoms with Crippen molar-refractivity contribution >= 4 is 22.6 Å². The van der Waals surface area contributed by atoms with Crippen LogP contribution in [0, 0.1) is 0 Å². The van der Waals surface area contributed by atoms with Crippen LogP contribution >= 0.6 is 0 Å². The van der Waals surface area contributed by atoms with Crippen molar-refractivity contribution in [2.24, 2.45) is 0 Å². The number of nitrogens with zero attached hydrogens (tertiary/aromatic N) is 2. The normalized spacial score (nSPS) is 16.4. The van der Waals surface area contributed by atoms with Gasteiger partial charge in [-0.25, -0.2) is 4.98 Å². The lowest BCUT2D eigenvalue weighted by Gasteiger charge is -2.18. The van der Waals surface area contributed by atoms with E-state index in [1.165, 1.54) is 13.3 Å². The summed E-state index contributed by atoms with van der Waals surface area (Å²) in [5.74, 6) is 0.198. The highest BCUT2D eigenvalue weighted by molar-refractivity contribution is 5.95. The largest absolute Gasteiger partial charge is 0.481 e. The number of hydrogen-bond donors (Lipinski definition) is 1. The molecule has 0 saturated carbocycles. The van der Waals surface area contributed by atoms with E-state index in [0.29, 0.717) is 31.0 Å². The summed E-state index contributed by atoms with van der Waals surface area (Å²) in [6.45, 7) is 1.03. The number of hydrogen-bond acceptors (Lipinski definition) is 4. The Bertz CT molecular complexity index is 1030. The molecule has 1 unspecified atom stereocenters. The van der Waals surface area contributed by atoms with E-state index in [-0.39, 0.29) is 17.9 Å². The summed E-state index contributed by atoms with van der Waals surface area (Å²) in [6, 6.07) is 17.3. The van der Waals surface area contributed by atoms with Crippen molar-refractivity contribution < 1.29 is 14.3 Å². The molecule has 1 N–H and O–H groups in total. The summed E-state index contributed by atoms with van der Waals surface area (Å²) in [4.78, 5) is 30.8. The molecule has 1 aliphatic heterocycles. The van der Waals surface area contributed by atoms with Crippen molar-refractivity contribution in [3.8, 4) is 5.88 Å². The lowest BCUT2D eigenvalue weighted by atomic mass is 10.0. The van der Waals surface area contributed by atoms with E-state index < -0.39 is 0 Å². The van der Waals surface area contributed by atoms with Crippen molar-refractivity contribution in [3.63, 3.8) is 0 Å². The summed E-state index contributed by atoms with van der Waals surface area (Å²) >= 11 is 0. The van der Waals surface area contributed by atoms with Crippen molar-refractivity contribution in [2.45, 2.75) is 19.0 Å². The van der Waals surface area contributed by atoms with Gasteiger partial charge in [-0.3, -0.25) is 9.59 Å². The Morgan fingerprint density at radius 3 is 2.89 bits per heavy atom. The average Bonchev–Trinajstić information content (AvgIpc) is 3.07. The minimum Gasteiger partial charge on any atom is -0.481 e. The summed E-state index contributed by atoms with van der Waals surface area (Å²) in [5.41, 5.74) is 1.57. The van der Waals surface area contributed by atoms with Crippen LogP contribution < -0.4 is 10.1 Å². The maximum atomic E-state index is 12.5. The number of likely N-dealkylation sites (tertiary alicyclic amines) is 1. The highest BCUT2D eigenvalue weighted by Crippen LogP contribution is 2.22. The topological polar surface area (TPSA) is 71.5 Å². The van der Waals surface area contributed by atoms with Crippen molar-refractivity contribution in [1.29, 1.82) is 0 Å². The number of benzene rings is 2. The summed E-state index contributed by atoms with van der Waals surface area (Å²) in [6.07, 6.45) is 1.83. The number of carbonyl (C=O) groups excluding carboxylic acids is 2. The fraction of sp³-hybridized carbons (Fsp3) is 0.227. The molecule has 28 heavy (non-hydrogen) atoms. The van der Waals surface area contributed by atoms with Gasteiger partial charge >= 0.3 is 0 Å². The van der Waals surface area contributed by atoms with Gasteiger partial charge in [-0.15, -0.1) is 0 Å². The monoisotopic (exact) mass is 375 g/mol. The van der Waals surface area contributed by atoms with Crippen LogP contribution in [0.3, 0.4) is 0 Å². The van der Waals surface area contributed by atoms with E-state index in [9.17, 15) is 9.59 Å². The van der Waals surface area contributed by atoms with Gasteiger partial charge in [0.15, 0.2) is 0 Å². The van der Waals surface area contributed by atoms with Gasteiger partial charge in [0, 0.05) is 37.3 Å². The van der Waals surface area contributed by atoms with Crippen LogP contribution in [0.15, 0.2) is 60.8 Å². The zero-order valence-electron chi connectivity index (χ0n) is 15.6. The molecule has 4 rings (SSSR count). The molecular formula is C22H21N3O3. The lowest BCUT2D eigenvalue weighted by Crippen LogP contribution is -2.37. The van der Waals surface area contributed by atoms with E-state index in [0.717, 1.165) is 16.3 Å². The average molecular weight is 375 g/mol. The van der Waals surface area contributed by atoms with E-state index in [4.69, 9.17) is 4.74 Å². The lowest BCUT2D eigenvalue weighted by molar-refractivity contribution is -0.128. The van der Waals surface area contributed by atoms with Crippen LogP contribution in [-0.4, -0.2) is 41.4 Å². The van der Waals surface area contributed by atoms with Crippen LogP contribution in [0.2, 0.25) is 0 Å². The molecule has 6 nitrogen and oxygen atoms in total. The Labute approximate surface area is 163 Å². The van der Waals surface area contributed by atoms with E-state index in [1.54, 1.807) is 17.0 Å². The van der Waals surface area contributed by atoms with Crippen LogP contribution in [0.5, 0.6) is 5.88 Å². The second kappa shape index (κ2) is 7.68. The highest BCUT2D eigenvalue weighted by Gasteiger charge is 2.31. The number of nitrogens with one attached hydrogen (secondary N) is 1. The Morgan fingerprint density at radius 2 is 2.04 bits per heavy atom. The number of pyridine rings is 1. The summed E-state index contributed by atoms with van der Waals surface area (Å²) in [5, 5.41) is 5.25. The molecule has 0 aliphatic carbocycles. The number of rotatable bonds is 5. The van der Waals surface area contributed by atoms with Crippen LogP contribution in [0.25, 0.3) is 10.8 Å². The second-order valence-electron chi connectivity index (χ2n) is 6.87. The van der Waals surface area contributed by atoms with Gasteiger partial charge in [0.1, 0.15) is 0 Å². The van der Waals surface area contributed by atoms with Crippen molar-refractivity contribution in [1.82, 2.24) is 15.2 Å². The van der Waals surface area contributed by atoms with Gasteiger partial charge in [0.25, 0.3) is 5.91 Å². The van der Waals surface area contributed by atoms with E-state index >= 15 is 0 Å². The molecule has 0 spiro atoms. The maximum absolute atomic E-state index is 12.5. The fourth-order valence-corrected chi connectivity index (χ4v) is 3.59. The third-order valence-corrected chi connectivity index (χ3v) is 5.00. The molecule has 3 aromatic rings. The first kappa shape index (κ1) is 18.0.